The zero-order valence-corrected chi connectivity index (χ0v) is 14.6. The van der Waals surface area contributed by atoms with Crippen molar-refractivity contribution in [3.8, 4) is 0 Å². The molecule has 2 atom stereocenters. The Morgan fingerprint density at radius 3 is 2.62 bits per heavy atom. The molecule has 2 aromatic heterocycles. The minimum absolute atomic E-state index is 0.447. The molecule has 0 bridgehead atoms. The predicted molar refractivity (Wildman–Crippen MR) is 94.3 cm³/mol. The lowest BCUT2D eigenvalue weighted by Crippen LogP contribution is -2.28. The summed E-state index contributed by atoms with van der Waals surface area (Å²) >= 11 is 3.87. The number of rotatable bonds is 6. The van der Waals surface area contributed by atoms with Crippen LogP contribution in [0.25, 0.3) is 0 Å². The van der Waals surface area contributed by atoms with Crippen LogP contribution in [0.4, 0.5) is 0 Å². The van der Waals surface area contributed by atoms with Crippen LogP contribution in [0.3, 0.4) is 0 Å². The highest BCUT2D eigenvalue weighted by molar-refractivity contribution is 7.12. The molecule has 0 spiro atoms. The van der Waals surface area contributed by atoms with Crippen LogP contribution in [0.1, 0.15) is 66.2 Å². The van der Waals surface area contributed by atoms with E-state index in [0.29, 0.717) is 12.1 Å². The fourth-order valence-corrected chi connectivity index (χ4v) is 5.22. The zero-order valence-electron chi connectivity index (χ0n) is 13.0. The summed E-state index contributed by atoms with van der Waals surface area (Å²) in [4.78, 5) is 4.49. The van der Waals surface area contributed by atoms with Gasteiger partial charge in [-0.05, 0) is 55.7 Å². The predicted octanol–water partition coefficient (Wildman–Crippen LogP) is 5.95. The molecule has 2 aromatic rings. The standard InChI is InChI=1S/C18H25NS2/c1-3-15-10-11-16(21-15)13(2)19-18(14-7-4-5-8-14)17-9-6-12-20-17/h6,9-14,18-19H,3-5,7-8H2,1-2H3. The summed E-state index contributed by atoms with van der Waals surface area (Å²) in [7, 11) is 0. The lowest BCUT2D eigenvalue weighted by atomic mass is 9.96. The second kappa shape index (κ2) is 7.08. The molecule has 1 nitrogen and oxygen atoms in total. The minimum atomic E-state index is 0.447. The molecule has 3 rings (SSSR count). The third-order valence-electron chi connectivity index (χ3n) is 4.61. The molecule has 21 heavy (non-hydrogen) atoms. The van der Waals surface area contributed by atoms with Crippen molar-refractivity contribution in [2.24, 2.45) is 5.92 Å². The maximum Gasteiger partial charge on any atom is 0.0448 e. The van der Waals surface area contributed by atoms with E-state index in [1.807, 2.05) is 22.7 Å². The van der Waals surface area contributed by atoms with E-state index in [-0.39, 0.29) is 0 Å². The van der Waals surface area contributed by atoms with Crippen LogP contribution in [0.2, 0.25) is 0 Å². The quantitative estimate of drug-likeness (QED) is 0.693. The first-order chi connectivity index (χ1) is 10.3. The molecule has 1 saturated carbocycles. The number of nitrogens with one attached hydrogen (secondary N) is 1. The number of aryl methyl sites for hydroxylation is 1. The molecule has 3 heteroatoms. The van der Waals surface area contributed by atoms with Gasteiger partial charge in [0, 0.05) is 26.7 Å². The summed E-state index contributed by atoms with van der Waals surface area (Å²) in [5.41, 5.74) is 0. The monoisotopic (exact) mass is 319 g/mol. The Morgan fingerprint density at radius 2 is 2.00 bits per heavy atom. The second-order valence-electron chi connectivity index (χ2n) is 6.08. The molecular weight excluding hydrogens is 294 g/mol. The molecule has 0 aromatic carbocycles. The Balaban J connectivity index is 1.74. The highest BCUT2D eigenvalue weighted by Gasteiger charge is 2.28. The first kappa shape index (κ1) is 15.3. The van der Waals surface area contributed by atoms with Crippen molar-refractivity contribution in [1.82, 2.24) is 5.32 Å². The van der Waals surface area contributed by atoms with Crippen molar-refractivity contribution in [1.29, 1.82) is 0 Å². The van der Waals surface area contributed by atoms with Crippen molar-refractivity contribution >= 4 is 22.7 Å². The maximum atomic E-state index is 3.94. The lowest BCUT2D eigenvalue weighted by Gasteiger charge is -2.27. The van der Waals surface area contributed by atoms with Gasteiger partial charge in [-0.2, -0.15) is 0 Å². The van der Waals surface area contributed by atoms with Crippen LogP contribution in [0.5, 0.6) is 0 Å². The summed E-state index contributed by atoms with van der Waals surface area (Å²) in [6.45, 7) is 4.56. The molecule has 2 heterocycles. The van der Waals surface area contributed by atoms with E-state index in [1.54, 1.807) is 0 Å². The Kier molecular flexibility index (Phi) is 5.15. The molecule has 2 unspecified atom stereocenters. The van der Waals surface area contributed by atoms with Crippen LogP contribution in [-0.2, 0) is 6.42 Å². The lowest BCUT2D eigenvalue weighted by molar-refractivity contribution is 0.345. The average molecular weight is 320 g/mol. The summed E-state index contributed by atoms with van der Waals surface area (Å²) in [6.07, 6.45) is 6.72. The summed E-state index contributed by atoms with van der Waals surface area (Å²) in [5, 5.41) is 6.15. The number of thiophene rings is 2. The van der Waals surface area contributed by atoms with E-state index >= 15 is 0 Å². The van der Waals surface area contributed by atoms with E-state index < -0.39 is 0 Å². The summed E-state index contributed by atoms with van der Waals surface area (Å²) in [6, 6.07) is 10.1. The minimum Gasteiger partial charge on any atom is -0.302 e. The van der Waals surface area contributed by atoms with Gasteiger partial charge in [0.1, 0.15) is 0 Å². The maximum absolute atomic E-state index is 3.94. The Morgan fingerprint density at radius 1 is 1.19 bits per heavy atom. The van der Waals surface area contributed by atoms with Crippen LogP contribution >= 0.6 is 22.7 Å². The molecule has 0 radical (unpaired) electrons. The first-order valence-electron chi connectivity index (χ1n) is 8.16. The topological polar surface area (TPSA) is 12.0 Å². The van der Waals surface area contributed by atoms with E-state index in [1.165, 1.54) is 40.3 Å². The molecule has 1 aliphatic carbocycles. The van der Waals surface area contributed by atoms with Gasteiger partial charge >= 0.3 is 0 Å². The van der Waals surface area contributed by atoms with E-state index in [0.717, 1.165) is 12.3 Å². The third-order valence-corrected chi connectivity index (χ3v) is 6.98. The fraction of sp³-hybridized carbons (Fsp3) is 0.556. The number of hydrogen-bond acceptors (Lipinski definition) is 3. The molecule has 1 aliphatic rings. The van der Waals surface area contributed by atoms with Gasteiger partial charge in [-0.1, -0.05) is 25.8 Å². The van der Waals surface area contributed by atoms with Crippen LogP contribution < -0.4 is 5.32 Å². The largest absolute Gasteiger partial charge is 0.302 e. The Labute approximate surface area is 136 Å². The third kappa shape index (κ3) is 3.58. The van der Waals surface area contributed by atoms with E-state index in [9.17, 15) is 0 Å². The number of hydrogen-bond donors (Lipinski definition) is 1. The van der Waals surface area contributed by atoms with E-state index in [4.69, 9.17) is 0 Å². The van der Waals surface area contributed by atoms with Crippen LogP contribution in [-0.4, -0.2) is 0 Å². The molecule has 0 amide bonds. The highest BCUT2D eigenvalue weighted by Crippen LogP contribution is 2.39. The smallest absolute Gasteiger partial charge is 0.0448 e. The Hall–Kier alpha value is -0.640. The van der Waals surface area contributed by atoms with Crippen molar-refractivity contribution in [2.45, 2.75) is 58.0 Å². The van der Waals surface area contributed by atoms with Crippen molar-refractivity contribution in [2.75, 3.05) is 0 Å². The fourth-order valence-electron chi connectivity index (χ4n) is 3.38. The van der Waals surface area contributed by atoms with Crippen LogP contribution in [0.15, 0.2) is 29.6 Å². The van der Waals surface area contributed by atoms with Gasteiger partial charge in [-0.3, -0.25) is 0 Å². The van der Waals surface area contributed by atoms with Gasteiger partial charge in [0.2, 0.25) is 0 Å². The highest BCUT2D eigenvalue weighted by atomic mass is 32.1. The summed E-state index contributed by atoms with van der Waals surface area (Å²) < 4.78 is 0. The van der Waals surface area contributed by atoms with Gasteiger partial charge in [0.25, 0.3) is 0 Å². The molecule has 114 valence electrons. The van der Waals surface area contributed by atoms with Gasteiger partial charge in [-0.25, -0.2) is 0 Å². The van der Waals surface area contributed by atoms with Crippen molar-refractivity contribution in [3.05, 3.63) is 44.3 Å². The molecule has 0 saturated heterocycles. The van der Waals surface area contributed by atoms with E-state index in [2.05, 4.69) is 48.8 Å². The van der Waals surface area contributed by atoms with Crippen molar-refractivity contribution in [3.63, 3.8) is 0 Å². The van der Waals surface area contributed by atoms with Crippen LogP contribution in [0, 0.1) is 5.92 Å². The zero-order chi connectivity index (χ0) is 14.7. The average Bonchev–Trinajstić information content (AvgIpc) is 3.26. The Bertz CT molecular complexity index is 537. The first-order valence-corrected chi connectivity index (χ1v) is 9.85. The summed E-state index contributed by atoms with van der Waals surface area (Å²) in [5.74, 6) is 0.816. The van der Waals surface area contributed by atoms with Gasteiger partial charge in [0.05, 0.1) is 0 Å². The van der Waals surface area contributed by atoms with Gasteiger partial charge < -0.3 is 5.32 Å². The normalized spacial score (nSPS) is 19.0. The molecular formula is C18H25NS2. The van der Waals surface area contributed by atoms with Crippen molar-refractivity contribution < 1.29 is 0 Å². The SMILES string of the molecule is CCc1ccc(C(C)NC(c2cccs2)C2CCCC2)s1. The molecule has 1 N–H and O–H groups in total. The second-order valence-corrected chi connectivity index (χ2v) is 8.26. The van der Waals surface area contributed by atoms with Gasteiger partial charge in [0.15, 0.2) is 0 Å². The molecule has 0 aliphatic heterocycles. The molecule has 1 fully saturated rings. The van der Waals surface area contributed by atoms with Gasteiger partial charge in [-0.15, -0.1) is 22.7 Å².